The molecule has 0 saturated carbocycles. The highest BCUT2D eigenvalue weighted by atomic mass is 35.5. The maximum absolute atomic E-state index is 12.3. The van der Waals surface area contributed by atoms with Gasteiger partial charge in [0.25, 0.3) is 5.56 Å². The van der Waals surface area contributed by atoms with Gasteiger partial charge in [-0.05, 0) is 42.5 Å². The highest BCUT2D eigenvalue weighted by Gasteiger charge is 2.07. The van der Waals surface area contributed by atoms with Crippen LogP contribution in [-0.4, -0.2) is 14.8 Å². The first-order chi connectivity index (χ1) is 10.7. The SMILES string of the molecule is O=c1cc2ccc3ncccc3c2nn1-c1ccc(Cl)cc1. The van der Waals surface area contributed by atoms with Gasteiger partial charge in [-0.25, -0.2) is 0 Å². The lowest BCUT2D eigenvalue weighted by molar-refractivity contribution is 0.833. The van der Waals surface area contributed by atoms with Gasteiger partial charge in [0, 0.05) is 28.1 Å². The smallest absolute Gasteiger partial charge is 0.267 e. The number of aromatic nitrogens is 3. The zero-order valence-electron chi connectivity index (χ0n) is 11.4. The van der Waals surface area contributed by atoms with Crippen LogP contribution in [0.25, 0.3) is 27.5 Å². The minimum atomic E-state index is -0.182. The van der Waals surface area contributed by atoms with Crippen molar-refractivity contribution >= 4 is 33.4 Å². The van der Waals surface area contributed by atoms with Gasteiger partial charge in [-0.1, -0.05) is 17.7 Å². The van der Waals surface area contributed by atoms with E-state index in [1.807, 2.05) is 24.3 Å². The molecule has 106 valence electrons. The van der Waals surface area contributed by atoms with Gasteiger partial charge in [-0.2, -0.15) is 9.78 Å². The highest BCUT2D eigenvalue weighted by Crippen LogP contribution is 2.21. The van der Waals surface area contributed by atoms with Crippen LogP contribution in [0.2, 0.25) is 5.02 Å². The van der Waals surface area contributed by atoms with E-state index >= 15 is 0 Å². The molecule has 0 radical (unpaired) electrons. The number of benzene rings is 2. The lowest BCUT2D eigenvalue weighted by Gasteiger charge is -2.07. The molecule has 0 aliphatic rings. The second-order valence-corrected chi connectivity index (χ2v) is 5.38. The first-order valence-corrected chi connectivity index (χ1v) is 7.14. The number of hydrogen-bond acceptors (Lipinski definition) is 3. The van der Waals surface area contributed by atoms with Gasteiger partial charge in [0.15, 0.2) is 0 Å². The van der Waals surface area contributed by atoms with Gasteiger partial charge in [-0.15, -0.1) is 0 Å². The van der Waals surface area contributed by atoms with Crippen molar-refractivity contribution in [1.82, 2.24) is 14.8 Å². The van der Waals surface area contributed by atoms with Crippen molar-refractivity contribution in [3.8, 4) is 5.69 Å². The Labute approximate surface area is 130 Å². The van der Waals surface area contributed by atoms with Crippen molar-refractivity contribution < 1.29 is 0 Å². The third-order valence-electron chi connectivity index (χ3n) is 3.55. The Morgan fingerprint density at radius 2 is 1.82 bits per heavy atom. The molecule has 0 amide bonds. The van der Waals surface area contributed by atoms with Crippen LogP contribution in [0.1, 0.15) is 0 Å². The minimum absolute atomic E-state index is 0.182. The van der Waals surface area contributed by atoms with Crippen LogP contribution in [0.4, 0.5) is 0 Å². The summed E-state index contributed by atoms with van der Waals surface area (Å²) in [6.45, 7) is 0. The molecule has 0 unspecified atom stereocenters. The van der Waals surface area contributed by atoms with E-state index in [1.54, 1.807) is 36.5 Å². The van der Waals surface area contributed by atoms with Crippen molar-refractivity contribution in [3.05, 3.63) is 76.2 Å². The van der Waals surface area contributed by atoms with E-state index in [2.05, 4.69) is 10.1 Å². The van der Waals surface area contributed by atoms with Crippen LogP contribution >= 0.6 is 11.6 Å². The zero-order valence-corrected chi connectivity index (χ0v) is 12.2. The molecule has 0 bridgehead atoms. The molecule has 22 heavy (non-hydrogen) atoms. The molecule has 2 aromatic carbocycles. The molecule has 4 aromatic rings. The van der Waals surface area contributed by atoms with Crippen molar-refractivity contribution in [2.24, 2.45) is 0 Å². The van der Waals surface area contributed by atoms with E-state index < -0.39 is 0 Å². The quantitative estimate of drug-likeness (QED) is 0.505. The molecule has 0 N–H and O–H groups in total. The topological polar surface area (TPSA) is 47.8 Å². The Bertz CT molecular complexity index is 1050. The second-order valence-electron chi connectivity index (χ2n) is 4.94. The second kappa shape index (κ2) is 4.93. The Morgan fingerprint density at radius 3 is 2.64 bits per heavy atom. The third-order valence-corrected chi connectivity index (χ3v) is 3.80. The summed E-state index contributed by atoms with van der Waals surface area (Å²) in [5, 5.41) is 6.86. The monoisotopic (exact) mass is 307 g/mol. The molecule has 4 rings (SSSR count). The Balaban J connectivity index is 2.07. The van der Waals surface area contributed by atoms with Gasteiger partial charge in [-0.3, -0.25) is 9.78 Å². The van der Waals surface area contributed by atoms with Crippen LogP contribution in [0.15, 0.2) is 65.6 Å². The van der Waals surface area contributed by atoms with Crippen molar-refractivity contribution in [1.29, 1.82) is 0 Å². The summed E-state index contributed by atoms with van der Waals surface area (Å²) < 4.78 is 1.38. The Morgan fingerprint density at radius 1 is 1.00 bits per heavy atom. The molecule has 2 heterocycles. The van der Waals surface area contributed by atoms with Gasteiger partial charge in [0.2, 0.25) is 0 Å². The lowest BCUT2D eigenvalue weighted by atomic mass is 10.1. The average molecular weight is 308 g/mol. The number of pyridine rings is 1. The number of fused-ring (bicyclic) bond motifs is 3. The zero-order chi connectivity index (χ0) is 15.1. The van der Waals surface area contributed by atoms with E-state index in [4.69, 9.17) is 11.6 Å². The molecule has 0 aliphatic heterocycles. The largest absolute Gasteiger partial charge is 0.272 e. The molecular weight excluding hydrogens is 298 g/mol. The maximum Gasteiger partial charge on any atom is 0.272 e. The fourth-order valence-corrected chi connectivity index (χ4v) is 2.62. The summed E-state index contributed by atoms with van der Waals surface area (Å²) in [5.41, 5.74) is 2.10. The van der Waals surface area contributed by atoms with Crippen molar-refractivity contribution in [3.63, 3.8) is 0 Å². The van der Waals surface area contributed by atoms with Gasteiger partial charge >= 0.3 is 0 Å². The predicted octanol–water partition coefficient (Wildman–Crippen LogP) is 3.59. The summed E-state index contributed by atoms with van der Waals surface area (Å²) in [7, 11) is 0. The average Bonchev–Trinajstić information content (AvgIpc) is 2.55. The molecule has 2 aromatic heterocycles. The van der Waals surface area contributed by atoms with Gasteiger partial charge < -0.3 is 0 Å². The molecule has 0 fully saturated rings. The standard InChI is InChI=1S/C17H10ClN3O/c18-12-4-6-13(7-5-12)21-16(22)10-11-3-8-15-14(17(11)20-21)2-1-9-19-15/h1-10H. The van der Waals surface area contributed by atoms with Crippen LogP contribution < -0.4 is 5.56 Å². The van der Waals surface area contributed by atoms with Crippen LogP contribution in [0.5, 0.6) is 0 Å². The molecule has 5 heteroatoms. The molecule has 0 saturated heterocycles. The van der Waals surface area contributed by atoms with Crippen LogP contribution in [-0.2, 0) is 0 Å². The van der Waals surface area contributed by atoms with E-state index in [1.165, 1.54) is 4.68 Å². The number of rotatable bonds is 1. The fraction of sp³-hybridized carbons (Fsp3) is 0. The van der Waals surface area contributed by atoms with Gasteiger partial charge in [0.1, 0.15) is 5.52 Å². The van der Waals surface area contributed by atoms with Crippen LogP contribution in [0, 0.1) is 0 Å². The maximum atomic E-state index is 12.3. The van der Waals surface area contributed by atoms with Crippen molar-refractivity contribution in [2.75, 3.05) is 0 Å². The summed E-state index contributed by atoms with van der Waals surface area (Å²) in [4.78, 5) is 16.6. The fourth-order valence-electron chi connectivity index (χ4n) is 2.49. The third kappa shape index (κ3) is 2.05. The summed E-state index contributed by atoms with van der Waals surface area (Å²) >= 11 is 5.90. The molecule has 0 spiro atoms. The number of nitrogens with zero attached hydrogens (tertiary/aromatic N) is 3. The van der Waals surface area contributed by atoms with Crippen molar-refractivity contribution in [2.45, 2.75) is 0 Å². The number of halogens is 1. The Kier molecular flexibility index (Phi) is 2.91. The van der Waals surface area contributed by atoms with Crippen LogP contribution in [0.3, 0.4) is 0 Å². The molecule has 4 nitrogen and oxygen atoms in total. The summed E-state index contributed by atoms with van der Waals surface area (Å²) in [5.74, 6) is 0. The predicted molar refractivity (Wildman–Crippen MR) is 87.7 cm³/mol. The summed E-state index contributed by atoms with van der Waals surface area (Å²) in [6.07, 6.45) is 1.74. The molecule has 0 aliphatic carbocycles. The van der Waals surface area contributed by atoms with E-state index in [-0.39, 0.29) is 5.56 Å². The normalized spacial score (nSPS) is 11.1. The Hall–Kier alpha value is -2.72. The highest BCUT2D eigenvalue weighted by molar-refractivity contribution is 6.30. The molecular formula is C17H10ClN3O. The van der Waals surface area contributed by atoms with Gasteiger partial charge in [0.05, 0.1) is 11.2 Å². The van der Waals surface area contributed by atoms with E-state index in [0.29, 0.717) is 10.7 Å². The van der Waals surface area contributed by atoms with E-state index in [0.717, 1.165) is 21.8 Å². The first-order valence-electron chi connectivity index (χ1n) is 6.76. The van der Waals surface area contributed by atoms with E-state index in [9.17, 15) is 4.79 Å². The first kappa shape index (κ1) is 13.0. The molecule has 0 atom stereocenters. The summed E-state index contributed by atoms with van der Waals surface area (Å²) in [6, 6.07) is 16.2. The number of hydrogen-bond donors (Lipinski definition) is 0. The minimum Gasteiger partial charge on any atom is -0.267 e. The lowest BCUT2D eigenvalue weighted by Crippen LogP contribution is -2.20.